The first-order valence-electron chi connectivity index (χ1n) is 10.1. The molecule has 0 saturated carbocycles. The first kappa shape index (κ1) is 26.1. The fraction of sp³-hybridized carbons (Fsp3) is 0.143. The smallest absolute Gasteiger partial charge is 0.314 e. The van der Waals surface area contributed by atoms with Gasteiger partial charge in [0.2, 0.25) is 0 Å². The summed E-state index contributed by atoms with van der Waals surface area (Å²) >= 11 is 13.2. The Morgan fingerprint density at radius 1 is 0.618 bits per heavy atom. The summed E-state index contributed by atoms with van der Waals surface area (Å²) in [7, 11) is -4.81. The summed E-state index contributed by atoms with van der Waals surface area (Å²) in [5.74, 6) is -3.24. The third-order valence-corrected chi connectivity index (χ3v) is 19.4. The molecule has 7 nitrogen and oxygen atoms in total. The lowest BCUT2D eigenvalue weighted by atomic mass is 10.4. The average molecular weight is 575 g/mol. The molecule has 0 aromatic heterocycles. The quantitative estimate of drug-likeness (QED) is 0.266. The summed E-state index contributed by atoms with van der Waals surface area (Å²) in [6.07, 6.45) is 0. The van der Waals surface area contributed by atoms with E-state index in [0.717, 1.165) is 15.9 Å². The lowest BCUT2D eigenvalue weighted by molar-refractivity contribution is 0.329. The van der Waals surface area contributed by atoms with E-state index in [0.29, 0.717) is 0 Å². The van der Waals surface area contributed by atoms with Crippen molar-refractivity contribution in [2.75, 3.05) is 21.3 Å². The predicted octanol–water partition coefficient (Wildman–Crippen LogP) is 8.43. The Hall–Kier alpha value is -0.960. The zero-order chi connectivity index (χ0) is 24.3. The SMILES string of the molecule is COP1(N=P(c2ccccc2)(c2ccccc2)c2ccccc2)=NP(OC)(OC)=NP(Cl)(Cl)=N1. The molecule has 34 heavy (non-hydrogen) atoms. The summed E-state index contributed by atoms with van der Waals surface area (Å²) in [6.45, 7) is 0. The van der Waals surface area contributed by atoms with Gasteiger partial charge >= 0.3 is 15.2 Å². The van der Waals surface area contributed by atoms with Gasteiger partial charge in [-0.25, -0.2) is 4.52 Å². The van der Waals surface area contributed by atoms with Gasteiger partial charge in [0, 0.05) is 37.2 Å². The van der Waals surface area contributed by atoms with Crippen LogP contribution in [0.3, 0.4) is 0 Å². The van der Waals surface area contributed by atoms with Crippen LogP contribution >= 0.6 is 50.7 Å². The van der Waals surface area contributed by atoms with Gasteiger partial charge in [0.15, 0.2) is 0 Å². The topological polar surface area (TPSA) is 77.1 Å². The minimum atomic E-state index is -3.35. The summed E-state index contributed by atoms with van der Waals surface area (Å²) in [5.41, 5.74) is 0. The Balaban J connectivity index is 2.24. The standard InChI is InChI=1S/C21H24Cl2N4O3P4/c1-28-33(25-32(22,23)26-34(27-33,29-2)30-3)24-31(19-13-7-4-8-14-19,20-15-9-5-10-16-20)21-17-11-6-12-18-21/h4-18H,1-3H3. The Morgan fingerprint density at radius 2 is 1.03 bits per heavy atom. The molecule has 0 radical (unpaired) electrons. The maximum absolute atomic E-state index is 6.59. The molecule has 1 aliphatic heterocycles. The average Bonchev–Trinajstić information content (AvgIpc) is 2.88. The van der Waals surface area contributed by atoms with E-state index in [4.69, 9.17) is 45.1 Å². The highest BCUT2D eigenvalue weighted by atomic mass is 35.9. The largest absolute Gasteiger partial charge is 0.346 e. The third kappa shape index (κ3) is 5.11. The second kappa shape index (κ2) is 10.6. The van der Waals surface area contributed by atoms with E-state index >= 15 is 0 Å². The predicted molar refractivity (Wildman–Crippen MR) is 148 cm³/mol. The van der Waals surface area contributed by atoms with E-state index in [9.17, 15) is 0 Å². The molecule has 3 aromatic carbocycles. The molecule has 0 aliphatic carbocycles. The van der Waals surface area contributed by atoms with Crippen molar-refractivity contribution >= 4 is 66.6 Å². The van der Waals surface area contributed by atoms with Gasteiger partial charge < -0.3 is 13.6 Å². The molecule has 13 heteroatoms. The van der Waals surface area contributed by atoms with Gasteiger partial charge in [-0.2, -0.15) is 9.03 Å². The molecule has 3 aromatic rings. The molecule has 0 fully saturated rings. The molecule has 0 N–H and O–H groups in total. The Bertz CT molecular complexity index is 1270. The van der Waals surface area contributed by atoms with E-state index in [-0.39, 0.29) is 0 Å². The summed E-state index contributed by atoms with van der Waals surface area (Å²) in [6, 6.07) is 30.3. The molecule has 0 spiro atoms. The van der Waals surface area contributed by atoms with E-state index < -0.39 is 28.2 Å². The van der Waals surface area contributed by atoms with E-state index in [2.05, 4.69) is 45.4 Å². The monoisotopic (exact) mass is 574 g/mol. The summed E-state index contributed by atoms with van der Waals surface area (Å²) in [4.78, 5) is 0. The molecule has 0 amide bonds. The van der Waals surface area contributed by atoms with Crippen LogP contribution in [0.4, 0.5) is 0 Å². The molecule has 180 valence electrons. The third-order valence-electron chi connectivity index (χ3n) is 5.04. The number of hydrogen-bond donors (Lipinski definition) is 0. The van der Waals surface area contributed by atoms with Crippen molar-refractivity contribution in [1.82, 2.24) is 0 Å². The highest BCUT2D eigenvalue weighted by Gasteiger charge is 2.40. The first-order chi connectivity index (χ1) is 16.3. The van der Waals surface area contributed by atoms with Crippen LogP contribution in [0, 0.1) is 0 Å². The maximum Gasteiger partial charge on any atom is 0.346 e. The van der Waals surface area contributed by atoms with Crippen molar-refractivity contribution in [2.45, 2.75) is 0 Å². The zero-order valence-corrected chi connectivity index (χ0v) is 23.8. The van der Waals surface area contributed by atoms with Crippen LogP contribution in [-0.4, -0.2) is 21.3 Å². The van der Waals surface area contributed by atoms with Crippen molar-refractivity contribution < 1.29 is 13.6 Å². The van der Waals surface area contributed by atoms with Crippen LogP contribution in [0.2, 0.25) is 0 Å². The molecular formula is C21H24Cl2N4O3P4. The van der Waals surface area contributed by atoms with Gasteiger partial charge in [0.05, 0.1) is 7.05 Å². The van der Waals surface area contributed by atoms with Crippen molar-refractivity contribution in [3.63, 3.8) is 0 Å². The van der Waals surface area contributed by atoms with E-state index in [1.807, 2.05) is 54.6 Å². The Labute approximate surface area is 210 Å². The molecule has 0 saturated heterocycles. The molecule has 4 rings (SSSR count). The van der Waals surface area contributed by atoms with Crippen molar-refractivity contribution in [2.24, 2.45) is 18.1 Å². The van der Waals surface area contributed by atoms with Gasteiger partial charge in [-0.15, -0.1) is 4.52 Å². The zero-order valence-electron chi connectivity index (χ0n) is 18.7. The lowest BCUT2D eigenvalue weighted by Crippen LogP contribution is -2.25. The van der Waals surface area contributed by atoms with Crippen LogP contribution in [0.5, 0.6) is 0 Å². The highest BCUT2D eigenvalue weighted by Crippen LogP contribution is 2.84. The number of rotatable bonds is 7. The van der Waals surface area contributed by atoms with Gasteiger partial charge in [-0.1, -0.05) is 91.0 Å². The highest BCUT2D eigenvalue weighted by molar-refractivity contribution is 8.13. The second-order valence-electron chi connectivity index (χ2n) is 7.01. The second-order valence-corrected chi connectivity index (χ2v) is 20.1. The first-order valence-corrected chi connectivity index (χ1v) is 18.5. The van der Waals surface area contributed by atoms with Crippen LogP contribution in [0.15, 0.2) is 109 Å². The lowest BCUT2D eigenvalue weighted by Gasteiger charge is -2.31. The normalized spacial score (nSPS) is 21.0. The van der Waals surface area contributed by atoms with E-state index in [1.165, 1.54) is 21.3 Å². The summed E-state index contributed by atoms with van der Waals surface area (Å²) in [5, 5.41) is 3.05. The minimum Gasteiger partial charge on any atom is -0.314 e. The fourth-order valence-electron chi connectivity index (χ4n) is 3.55. The minimum absolute atomic E-state index is 1.02. The van der Waals surface area contributed by atoms with E-state index in [1.54, 1.807) is 0 Å². The van der Waals surface area contributed by atoms with Gasteiger partial charge in [-0.3, -0.25) is 0 Å². The van der Waals surface area contributed by atoms with Crippen LogP contribution in [0.1, 0.15) is 0 Å². The number of benzene rings is 3. The van der Waals surface area contributed by atoms with Gasteiger partial charge in [-0.05, 0) is 22.5 Å². The Morgan fingerprint density at radius 3 is 1.38 bits per heavy atom. The van der Waals surface area contributed by atoms with Gasteiger partial charge in [0.25, 0.3) is 5.91 Å². The Kier molecular flexibility index (Phi) is 8.12. The van der Waals surface area contributed by atoms with Crippen LogP contribution in [0.25, 0.3) is 0 Å². The molecule has 0 bridgehead atoms. The number of hydrogen-bond acceptors (Lipinski definition) is 7. The fourth-order valence-corrected chi connectivity index (χ4v) is 19.9. The molecule has 1 unspecified atom stereocenters. The molecule has 1 aliphatic rings. The molecule has 1 heterocycles. The molecular weight excluding hydrogens is 551 g/mol. The van der Waals surface area contributed by atoms with Crippen LogP contribution < -0.4 is 15.9 Å². The van der Waals surface area contributed by atoms with Crippen molar-refractivity contribution in [1.29, 1.82) is 0 Å². The molecule has 1 atom stereocenters. The maximum atomic E-state index is 6.59. The van der Waals surface area contributed by atoms with Crippen molar-refractivity contribution in [3.05, 3.63) is 91.0 Å². The van der Waals surface area contributed by atoms with Crippen molar-refractivity contribution in [3.8, 4) is 0 Å². The number of halogens is 2. The van der Waals surface area contributed by atoms with Crippen LogP contribution in [-0.2, 0) is 13.6 Å². The van der Waals surface area contributed by atoms with Gasteiger partial charge in [0.1, 0.15) is 0 Å². The number of nitrogens with zero attached hydrogens (tertiary/aromatic N) is 4. The summed E-state index contributed by atoms with van der Waals surface area (Å²) < 4.78 is 36.5.